The number of aliphatic hydroxyl groups excluding tert-OH is 1. The summed E-state index contributed by atoms with van der Waals surface area (Å²) in [5.41, 5.74) is 2.16. The highest BCUT2D eigenvalue weighted by Crippen LogP contribution is 2.19. The molecule has 1 rings (SSSR count). The molecule has 0 spiro atoms. The van der Waals surface area contributed by atoms with Crippen LogP contribution in [-0.2, 0) is 4.79 Å². The summed E-state index contributed by atoms with van der Waals surface area (Å²) < 4.78 is 5.60. The summed E-state index contributed by atoms with van der Waals surface area (Å²) in [5.74, 6) is 0.765. The van der Waals surface area contributed by atoms with Gasteiger partial charge in [-0.25, -0.2) is 0 Å². The summed E-state index contributed by atoms with van der Waals surface area (Å²) in [7, 11) is 3.40. The van der Waals surface area contributed by atoms with E-state index in [-0.39, 0.29) is 19.1 Å². The SMILES string of the molecule is Cc1ccc(C)c(OCC(O)CNCC(=O)N(C)C)c1. The number of rotatable bonds is 7. The maximum Gasteiger partial charge on any atom is 0.236 e. The van der Waals surface area contributed by atoms with E-state index in [0.717, 1.165) is 16.9 Å². The summed E-state index contributed by atoms with van der Waals surface area (Å²) in [5, 5.41) is 12.7. The number of nitrogens with zero attached hydrogens (tertiary/aromatic N) is 1. The van der Waals surface area contributed by atoms with Gasteiger partial charge in [0.15, 0.2) is 0 Å². The van der Waals surface area contributed by atoms with E-state index >= 15 is 0 Å². The Bertz CT molecular complexity index is 447. The molecular weight excluding hydrogens is 256 g/mol. The average Bonchev–Trinajstić information content (AvgIpc) is 2.39. The number of aliphatic hydroxyl groups is 1. The van der Waals surface area contributed by atoms with Gasteiger partial charge in [0, 0.05) is 20.6 Å². The summed E-state index contributed by atoms with van der Waals surface area (Å²) >= 11 is 0. The molecule has 0 fully saturated rings. The summed E-state index contributed by atoms with van der Waals surface area (Å²) in [6, 6.07) is 5.96. The van der Waals surface area contributed by atoms with E-state index in [0.29, 0.717) is 6.54 Å². The van der Waals surface area contributed by atoms with Crippen LogP contribution in [0.25, 0.3) is 0 Å². The van der Waals surface area contributed by atoms with Crippen LogP contribution in [0.2, 0.25) is 0 Å². The molecular formula is C15H24N2O3. The van der Waals surface area contributed by atoms with Crippen molar-refractivity contribution in [1.82, 2.24) is 10.2 Å². The normalized spacial score (nSPS) is 12.1. The van der Waals surface area contributed by atoms with Gasteiger partial charge in [0.05, 0.1) is 6.54 Å². The van der Waals surface area contributed by atoms with Crippen molar-refractivity contribution >= 4 is 5.91 Å². The van der Waals surface area contributed by atoms with Crippen molar-refractivity contribution in [3.8, 4) is 5.75 Å². The second-order valence-corrected chi connectivity index (χ2v) is 5.15. The van der Waals surface area contributed by atoms with Gasteiger partial charge in [0.2, 0.25) is 5.91 Å². The second-order valence-electron chi connectivity index (χ2n) is 5.15. The van der Waals surface area contributed by atoms with E-state index in [2.05, 4.69) is 5.32 Å². The number of nitrogens with one attached hydrogen (secondary N) is 1. The van der Waals surface area contributed by atoms with Crippen LogP contribution < -0.4 is 10.1 Å². The molecule has 1 unspecified atom stereocenters. The first-order valence-electron chi connectivity index (χ1n) is 6.69. The fraction of sp³-hybridized carbons (Fsp3) is 0.533. The van der Waals surface area contributed by atoms with E-state index in [1.807, 2.05) is 32.0 Å². The van der Waals surface area contributed by atoms with Crippen LogP contribution >= 0.6 is 0 Å². The van der Waals surface area contributed by atoms with Gasteiger partial charge < -0.3 is 20.1 Å². The quantitative estimate of drug-likeness (QED) is 0.772. The minimum atomic E-state index is -0.648. The number of benzene rings is 1. The molecule has 1 amide bonds. The largest absolute Gasteiger partial charge is 0.491 e. The Kier molecular flexibility index (Phi) is 6.48. The molecule has 5 nitrogen and oxygen atoms in total. The van der Waals surface area contributed by atoms with Crippen molar-refractivity contribution < 1.29 is 14.6 Å². The summed E-state index contributed by atoms with van der Waals surface area (Å²) in [6.07, 6.45) is -0.648. The zero-order valence-corrected chi connectivity index (χ0v) is 12.6. The van der Waals surface area contributed by atoms with E-state index in [4.69, 9.17) is 4.74 Å². The first-order chi connectivity index (χ1) is 9.40. The minimum absolute atomic E-state index is 0.0207. The lowest BCUT2D eigenvalue weighted by atomic mass is 10.1. The fourth-order valence-corrected chi connectivity index (χ4v) is 1.61. The van der Waals surface area contributed by atoms with Crippen molar-refractivity contribution in [3.05, 3.63) is 29.3 Å². The summed E-state index contributed by atoms with van der Waals surface area (Å²) in [4.78, 5) is 12.8. The van der Waals surface area contributed by atoms with Gasteiger partial charge in [0.1, 0.15) is 18.5 Å². The lowest BCUT2D eigenvalue weighted by Crippen LogP contribution is -2.38. The Morgan fingerprint density at radius 2 is 2.10 bits per heavy atom. The van der Waals surface area contributed by atoms with Crippen molar-refractivity contribution in [2.75, 3.05) is 33.8 Å². The molecule has 0 heterocycles. The number of aryl methyl sites for hydroxylation is 2. The second kappa shape index (κ2) is 7.87. The molecule has 0 aliphatic heterocycles. The predicted molar refractivity (Wildman–Crippen MR) is 79.0 cm³/mol. The smallest absolute Gasteiger partial charge is 0.236 e. The first kappa shape index (κ1) is 16.5. The molecule has 0 saturated heterocycles. The fourth-order valence-electron chi connectivity index (χ4n) is 1.61. The molecule has 0 aliphatic rings. The summed E-state index contributed by atoms with van der Waals surface area (Å²) in [6.45, 7) is 4.71. The standard InChI is InChI=1S/C15H24N2O3/c1-11-5-6-12(2)14(7-11)20-10-13(18)8-16-9-15(19)17(3)4/h5-7,13,16,18H,8-10H2,1-4H3. The number of likely N-dealkylation sites (N-methyl/N-ethyl adjacent to an activating group) is 1. The Balaban J connectivity index is 2.31. The van der Waals surface area contributed by atoms with E-state index in [9.17, 15) is 9.90 Å². The van der Waals surface area contributed by atoms with Crippen molar-refractivity contribution in [2.24, 2.45) is 0 Å². The Hall–Kier alpha value is -1.59. The van der Waals surface area contributed by atoms with Gasteiger partial charge in [-0.3, -0.25) is 4.79 Å². The lowest BCUT2D eigenvalue weighted by Gasteiger charge is -2.16. The molecule has 5 heteroatoms. The minimum Gasteiger partial charge on any atom is -0.491 e. The molecule has 0 bridgehead atoms. The number of amides is 1. The molecule has 0 aromatic heterocycles. The predicted octanol–water partition coefficient (Wildman–Crippen LogP) is 0.721. The van der Waals surface area contributed by atoms with E-state index < -0.39 is 6.10 Å². The highest BCUT2D eigenvalue weighted by Gasteiger charge is 2.08. The highest BCUT2D eigenvalue weighted by atomic mass is 16.5. The van der Waals surface area contributed by atoms with Gasteiger partial charge in [-0.1, -0.05) is 12.1 Å². The molecule has 1 aromatic carbocycles. The third-order valence-corrected chi connectivity index (χ3v) is 2.93. The Morgan fingerprint density at radius 1 is 1.40 bits per heavy atom. The van der Waals surface area contributed by atoms with Crippen LogP contribution in [0.15, 0.2) is 18.2 Å². The number of carbonyl (C=O) groups excluding carboxylic acids is 1. The van der Waals surface area contributed by atoms with Crippen LogP contribution in [-0.4, -0.2) is 55.8 Å². The third-order valence-electron chi connectivity index (χ3n) is 2.93. The van der Waals surface area contributed by atoms with Crippen LogP contribution in [0.1, 0.15) is 11.1 Å². The van der Waals surface area contributed by atoms with Crippen LogP contribution in [0.5, 0.6) is 5.75 Å². The van der Waals surface area contributed by atoms with Crippen LogP contribution in [0, 0.1) is 13.8 Å². The van der Waals surface area contributed by atoms with Crippen molar-refractivity contribution in [1.29, 1.82) is 0 Å². The molecule has 1 aromatic rings. The number of hydrogen-bond acceptors (Lipinski definition) is 4. The molecule has 0 radical (unpaired) electrons. The molecule has 1 atom stereocenters. The number of carbonyl (C=O) groups is 1. The van der Waals surface area contributed by atoms with E-state index in [1.165, 1.54) is 4.90 Å². The van der Waals surface area contributed by atoms with Crippen molar-refractivity contribution in [3.63, 3.8) is 0 Å². The Morgan fingerprint density at radius 3 is 2.75 bits per heavy atom. The number of ether oxygens (including phenoxy) is 1. The number of hydrogen-bond donors (Lipinski definition) is 2. The maximum absolute atomic E-state index is 11.3. The molecule has 20 heavy (non-hydrogen) atoms. The zero-order valence-electron chi connectivity index (χ0n) is 12.6. The molecule has 0 saturated carbocycles. The Labute approximate surface area is 120 Å². The topological polar surface area (TPSA) is 61.8 Å². The van der Waals surface area contributed by atoms with Crippen LogP contribution in [0.3, 0.4) is 0 Å². The first-order valence-corrected chi connectivity index (χ1v) is 6.69. The molecule has 2 N–H and O–H groups in total. The monoisotopic (exact) mass is 280 g/mol. The van der Waals surface area contributed by atoms with Gasteiger partial charge in [-0.15, -0.1) is 0 Å². The third kappa shape index (κ3) is 5.59. The van der Waals surface area contributed by atoms with Crippen LogP contribution in [0.4, 0.5) is 0 Å². The molecule has 0 aliphatic carbocycles. The highest BCUT2D eigenvalue weighted by molar-refractivity contribution is 5.77. The zero-order chi connectivity index (χ0) is 15.1. The van der Waals surface area contributed by atoms with Gasteiger partial charge in [-0.2, -0.15) is 0 Å². The van der Waals surface area contributed by atoms with Gasteiger partial charge >= 0.3 is 0 Å². The van der Waals surface area contributed by atoms with E-state index in [1.54, 1.807) is 14.1 Å². The maximum atomic E-state index is 11.3. The van der Waals surface area contributed by atoms with Gasteiger partial charge in [-0.05, 0) is 31.0 Å². The molecule has 112 valence electrons. The van der Waals surface area contributed by atoms with Crippen molar-refractivity contribution in [2.45, 2.75) is 20.0 Å². The van der Waals surface area contributed by atoms with Gasteiger partial charge in [0.25, 0.3) is 0 Å². The lowest BCUT2D eigenvalue weighted by molar-refractivity contribution is -0.127. The average molecular weight is 280 g/mol.